The first-order valence-corrected chi connectivity index (χ1v) is 3.01. The summed E-state index contributed by atoms with van der Waals surface area (Å²) in [6.45, 7) is 1.62. The Kier molecular flexibility index (Phi) is 1.76. The molecule has 0 saturated carbocycles. The fourth-order valence-corrected chi connectivity index (χ4v) is 0.769. The lowest BCUT2D eigenvalue weighted by Crippen LogP contribution is -1.74. The topological polar surface area (TPSA) is 69.9 Å². The van der Waals surface area contributed by atoms with Crippen LogP contribution in [0.3, 0.4) is 0 Å². The van der Waals surface area contributed by atoms with Crippen molar-refractivity contribution < 1.29 is 10.2 Å². The van der Waals surface area contributed by atoms with Crippen molar-refractivity contribution in [1.82, 2.24) is 0 Å². The molecule has 0 saturated heterocycles. The molecule has 1 aromatic rings. The van der Waals surface area contributed by atoms with Gasteiger partial charge in [-0.25, -0.2) is 0 Å². The average Bonchev–Trinajstić information content (AvgIpc) is 1.97. The van der Waals surface area contributed by atoms with Gasteiger partial charge in [0.2, 0.25) is 0 Å². The highest BCUT2D eigenvalue weighted by atomic mass is 16.3. The number of hydrogen-bond acceptors (Lipinski definition) is 4. The first-order chi connectivity index (χ1) is 5.15. The second-order valence-electron chi connectivity index (χ2n) is 2.22. The number of benzene rings is 1. The quantitative estimate of drug-likeness (QED) is 0.477. The van der Waals surface area contributed by atoms with Crippen LogP contribution >= 0.6 is 0 Å². The van der Waals surface area contributed by atoms with Crippen molar-refractivity contribution in [1.29, 1.82) is 0 Å². The number of hydrogen-bond donors (Lipinski definition) is 2. The summed E-state index contributed by atoms with van der Waals surface area (Å²) in [4.78, 5) is 10.0. The Hall–Kier alpha value is -1.58. The van der Waals surface area contributed by atoms with Gasteiger partial charge < -0.3 is 10.2 Å². The lowest BCUT2D eigenvalue weighted by molar-refractivity contribution is 0.403. The third kappa shape index (κ3) is 1.29. The summed E-state index contributed by atoms with van der Waals surface area (Å²) in [6, 6.07) is 2.41. The smallest absolute Gasteiger partial charge is 0.159 e. The van der Waals surface area contributed by atoms with E-state index in [0.29, 0.717) is 5.56 Å². The van der Waals surface area contributed by atoms with Crippen LogP contribution in [0, 0.1) is 11.8 Å². The fraction of sp³-hybridized carbons (Fsp3) is 0.143. The van der Waals surface area contributed by atoms with E-state index in [1.807, 2.05) is 0 Å². The van der Waals surface area contributed by atoms with Gasteiger partial charge in [-0.15, -0.1) is 4.91 Å². The molecule has 0 spiro atoms. The molecule has 11 heavy (non-hydrogen) atoms. The Morgan fingerprint density at radius 1 is 1.27 bits per heavy atom. The molecule has 0 heterocycles. The van der Waals surface area contributed by atoms with E-state index in [9.17, 15) is 4.91 Å². The molecule has 2 N–H and O–H groups in total. The van der Waals surface area contributed by atoms with Crippen molar-refractivity contribution in [2.45, 2.75) is 6.92 Å². The molecule has 0 atom stereocenters. The predicted octanol–water partition coefficient (Wildman–Crippen LogP) is 1.80. The first kappa shape index (κ1) is 7.53. The molecule has 4 heteroatoms. The van der Waals surface area contributed by atoms with Crippen LogP contribution in [0.15, 0.2) is 17.3 Å². The Morgan fingerprint density at radius 2 is 1.82 bits per heavy atom. The van der Waals surface area contributed by atoms with Crippen LogP contribution in [0.5, 0.6) is 11.5 Å². The van der Waals surface area contributed by atoms with Crippen LogP contribution < -0.4 is 0 Å². The summed E-state index contributed by atoms with van der Waals surface area (Å²) < 4.78 is 0. The van der Waals surface area contributed by atoms with Crippen LogP contribution in [0.1, 0.15) is 5.56 Å². The second kappa shape index (κ2) is 2.57. The van der Waals surface area contributed by atoms with Gasteiger partial charge >= 0.3 is 0 Å². The Labute approximate surface area is 63.1 Å². The van der Waals surface area contributed by atoms with Crippen molar-refractivity contribution in [2.24, 2.45) is 5.18 Å². The van der Waals surface area contributed by atoms with E-state index < -0.39 is 0 Å². The van der Waals surface area contributed by atoms with Crippen molar-refractivity contribution in [2.75, 3.05) is 0 Å². The summed E-state index contributed by atoms with van der Waals surface area (Å²) in [6.07, 6.45) is 0. The lowest BCUT2D eigenvalue weighted by atomic mass is 10.2. The third-order valence-electron chi connectivity index (χ3n) is 1.39. The summed E-state index contributed by atoms with van der Waals surface area (Å²) in [5.41, 5.74) is 0.676. The van der Waals surface area contributed by atoms with E-state index in [0.717, 1.165) is 6.07 Å². The molecule has 0 amide bonds. The molecule has 0 bridgehead atoms. The zero-order valence-electron chi connectivity index (χ0n) is 5.90. The molecular formula is C7H7NO3. The van der Waals surface area contributed by atoms with Crippen LogP contribution in [-0.4, -0.2) is 10.2 Å². The molecule has 4 nitrogen and oxygen atoms in total. The normalized spacial score (nSPS) is 9.55. The maximum absolute atomic E-state index is 10.0. The van der Waals surface area contributed by atoms with E-state index in [1.54, 1.807) is 6.92 Å². The SMILES string of the molecule is Cc1cc(O)c(O)cc1N=O. The van der Waals surface area contributed by atoms with Crippen LogP contribution in [0.2, 0.25) is 0 Å². The maximum atomic E-state index is 10.0. The Morgan fingerprint density at radius 3 is 2.36 bits per heavy atom. The molecule has 58 valence electrons. The van der Waals surface area contributed by atoms with Gasteiger partial charge in [0.05, 0.1) is 0 Å². The molecule has 0 aliphatic carbocycles. The summed E-state index contributed by atoms with van der Waals surface area (Å²) in [5.74, 6) is -0.569. The van der Waals surface area contributed by atoms with Crippen LogP contribution in [0.4, 0.5) is 5.69 Å². The standard InChI is InChI=1S/C7H7NO3/c1-4-2-6(9)7(10)3-5(4)8-11/h2-3,9-10H,1H3. The molecule has 0 aromatic heterocycles. The Bertz CT molecular complexity index is 296. The number of nitrogens with zero attached hydrogens (tertiary/aromatic N) is 1. The average molecular weight is 153 g/mol. The van der Waals surface area contributed by atoms with Gasteiger partial charge in [0.15, 0.2) is 11.5 Å². The number of phenolic OH excluding ortho intramolecular Hbond substituents is 2. The summed E-state index contributed by atoms with van der Waals surface area (Å²) >= 11 is 0. The highest BCUT2D eigenvalue weighted by molar-refractivity contribution is 5.55. The lowest BCUT2D eigenvalue weighted by Gasteiger charge is -1.99. The highest BCUT2D eigenvalue weighted by Crippen LogP contribution is 2.32. The van der Waals surface area contributed by atoms with E-state index in [-0.39, 0.29) is 17.2 Å². The van der Waals surface area contributed by atoms with Gasteiger partial charge in [-0.05, 0) is 23.7 Å². The number of rotatable bonds is 1. The molecule has 0 fully saturated rings. The van der Waals surface area contributed by atoms with Gasteiger partial charge in [-0.2, -0.15) is 0 Å². The van der Waals surface area contributed by atoms with Crippen LogP contribution in [0.25, 0.3) is 0 Å². The van der Waals surface area contributed by atoms with E-state index in [4.69, 9.17) is 10.2 Å². The Balaban J connectivity index is 3.31. The molecule has 0 radical (unpaired) electrons. The number of aromatic hydroxyl groups is 2. The monoisotopic (exact) mass is 153 g/mol. The molecule has 1 aromatic carbocycles. The molecule has 0 aliphatic rings. The van der Waals surface area contributed by atoms with E-state index in [1.165, 1.54) is 6.07 Å². The van der Waals surface area contributed by atoms with Crippen molar-refractivity contribution >= 4 is 5.69 Å². The minimum absolute atomic E-state index is 0.139. The number of phenols is 2. The molecule has 1 rings (SSSR count). The second-order valence-corrected chi connectivity index (χ2v) is 2.22. The van der Waals surface area contributed by atoms with Crippen LogP contribution in [-0.2, 0) is 0 Å². The molecule has 0 aliphatic heterocycles. The van der Waals surface area contributed by atoms with Gasteiger partial charge in [0.1, 0.15) is 5.69 Å². The first-order valence-electron chi connectivity index (χ1n) is 3.01. The largest absolute Gasteiger partial charge is 0.504 e. The zero-order valence-corrected chi connectivity index (χ0v) is 5.90. The van der Waals surface area contributed by atoms with Gasteiger partial charge in [0.25, 0.3) is 0 Å². The molecule has 0 unspecified atom stereocenters. The minimum Gasteiger partial charge on any atom is -0.504 e. The molecular weight excluding hydrogens is 146 g/mol. The van der Waals surface area contributed by atoms with Gasteiger partial charge in [0, 0.05) is 6.07 Å². The maximum Gasteiger partial charge on any atom is 0.159 e. The van der Waals surface area contributed by atoms with Crippen molar-refractivity contribution in [3.05, 3.63) is 22.6 Å². The fourth-order valence-electron chi connectivity index (χ4n) is 0.769. The predicted molar refractivity (Wildman–Crippen MR) is 40.0 cm³/mol. The zero-order chi connectivity index (χ0) is 8.43. The highest BCUT2D eigenvalue weighted by Gasteiger charge is 2.04. The number of aryl methyl sites for hydroxylation is 1. The summed E-state index contributed by atoms with van der Waals surface area (Å²) in [5, 5.41) is 20.5. The van der Waals surface area contributed by atoms with E-state index in [2.05, 4.69) is 5.18 Å². The summed E-state index contributed by atoms with van der Waals surface area (Å²) in [7, 11) is 0. The van der Waals surface area contributed by atoms with Gasteiger partial charge in [-0.3, -0.25) is 0 Å². The van der Waals surface area contributed by atoms with Gasteiger partial charge in [-0.1, -0.05) is 0 Å². The third-order valence-corrected chi connectivity index (χ3v) is 1.39. The van der Waals surface area contributed by atoms with E-state index >= 15 is 0 Å². The van der Waals surface area contributed by atoms with Crippen molar-refractivity contribution in [3.8, 4) is 11.5 Å². The minimum atomic E-state index is -0.329. The van der Waals surface area contributed by atoms with Crippen molar-refractivity contribution in [3.63, 3.8) is 0 Å². The number of nitroso groups, excluding NO2 is 1.